The zero-order valence-corrected chi connectivity index (χ0v) is 19.1. The van der Waals surface area contributed by atoms with E-state index < -0.39 is 14.9 Å². The highest BCUT2D eigenvalue weighted by Crippen LogP contribution is 2.27. The number of nitrogens with one attached hydrogen (secondary N) is 2. The molecule has 0 fully saturated rings. The number of sulfonamides is 1. The monoisotopic (exact) mass is 491 g/mol. The van der Waals surface area contributed by atoms with Gasteiger partial charge in [0.15, 0.2) is 0 Å². The molecule has 0 aromatic heterocycles. The Hall–Kier alpha value is -3.08. The minimum Gasteiger partial charge on any atom is -0.325 e. The van der Waals surface area contributed by atoms with E-state index in [4.69, 9.17) is 11.6 Å². The number of benzene rings is 3. The minimum absolute atomic E-state index is 0.0123. The molecule has 0 heterocycles. The summed E-state index contributed by atoms with van der Waals surface area (Å²) < 4.78 is 28.2. The van der Waals surface area contributed by atoms with Gasteiger partial charge in [-0.1, -0.05) is 29.8 Å². The van der Waals surface area contributed by atoms with Crippen molar-refractivity contribution in [3.8, 4) is 0 Å². The van der Waals surface area contributed by atoms with E-state index in [1.165, 1.54) is 30.0 Å². The number of non-ortho nitro benzene ring substituents is 1. The fraction of sp³-hybridized carbons (Fsp3) is 0.0952. The Bertz CT molecular complexity index is 1260. The average molecular weight is 492 g/mol. The molecule has 0 aliphatic rings. The van der Waals surface area contributed by atoms with E-state index >= 15 is 0 Å². The van der Waals surface area contributed by atoms with E-state index in [0.29, 0.717) is 16.1 Å². The molecular formula is C21H18ClN3O5S2. The maximum atomic E-state index is 12.9. The fourth-order valence-corrected chi connectivity index (χ4v) is 5.01. The molecule has 2 N–H and O–H groups in total. The summed E-state index contributed by atoms with van der Waals surface area (Å²) in [5.74, 6) is -0.300. The van der Waals surface area contributed by atoms with Gasteiger partial charge in [-0.3, -0.25) is 19.6 Å². The number of carbonyl (C=O) groups is 1. The highest BCUT2D eigenvalue weighted by molar-refractivity contribution is 8.00. The number of hydrogen-bond donors (Lipinski definition) is 2. The number of para-hydroxylation sites is 1. The van der Waals surface area contributed by atoms with E-state index in [0.717, 1.165) is 0 Å². The molecule has 0 spiro atoms. The third-order valence-corrected chi connectivity index (χ3v) is 7.15. The summed E-state index contributed by atoms with van der Waals surface area (Å²) in [5.41, 5.74) is 1.05. The first-order chi connectivity index (χ1) is 15.2. The molecule has 0 aliphatic carbocycles. The smallest absolute Gasteiger partial charge is 0.269 e. The van der Waals surface area contributed by atoms with Gasteiger partial charge in [-0.25, -0.2) is 8.42 Å². The molecule has 0 radical (unpaired) electrons. The van der Waals surface area contributed by atoms with Crippen LogP contribution in [-0.4, -0.2) is 25.0 Å². The van der Waals surface area contributed by atoms with Crippen LogP contribution in [0.3, 0.4) is 0 Å². The molecule has 32 heavy (non-hydrogen) atoms. The van der Waals surface area contributed by atoms with Gasteiger partial charge in [0.1, 0.15) is 0 Å². The summed E-state index contributed by atoms with van der Waals surface area (Å²) in [7, 11) is -3.94. The molecule has 0 bridgehead atoms. The second kappa shape index (κ2) is 10.0. The predicted octanol–water partition coefficient (Wildman–Crippen LogP) is 5.09. The van der Waals surface area contributed by atoms with Crippen molar-refractivity contribution in [1.82, 2.24) is 0 Å². The van der Waals surface area contributed by atoms with Crippen molar-refractivity contribution in [2.75, 3.05) is 15.8 Å². The zero-order valence-electron chi connectivity index (χ0n) is 16.7. The quantitative estimate of drug-likeness (QED) is 0.257. The van der Waals surface area contributed by atoms with E-state index in [1.54, 1.807) is 55.5 Å². The van der Waals surface area contributed by atoms with Crippen molar-refractivity contribution in [2.45, 2.75) is 16.7 Å². The van der Waals surface area contributed by atoms with Crippen molar-refractivity contribution < 1.29 is 18.1 Å². The fourth-order valence-electron chi connectivity index (χ4n) is 2.72. The Kier molecular flexibility index (Phi) is 7.39. The molecule has 0 saturated heterocycles. The van der Waals surface area contributed by atoms with Gasteiger partial charge in [-0.2, -0.15) is 0 Å². The molecule has 8 nitrogen and oxygen atoms in total. The minimum atomic E-state index is -3.94. The number of nitrogens with zero attached hydrogens (tertiary/aromatic N) is 1. The Morgan fingerprint density at radius 3 is 2.44 bits per heavy atom. The van der Waals surface area contributed by atoms with Crippen LogP contribution in [-0.2, 0) is 14.8 Å². The highest BCUT2D eigenvalue weighted by atomic mass is 35.5. The molecule has 0 unspecified atom stereocenters. The van der Waals surface area contributed by atoms with Gasteiger partial charge in [0.2, 0.25) is 5.91 Å². The van der Waals surface area contributed by atoms with Crippen LogP contribution in [0.5, 0.6) is 0 Å². The normalized spacial score (nSPS) is 11.1. The SMILES string of the molecule is Cc1ccc(NC(=O)CSc2ccc([N+](=O)[O-])cc2)cc1S(=O)(=O)Nc1ccccc1Cl. The number of aryl methyl sites for hydroxylation is 1. The van der Waals surface area contributed by atoms with Crippen molar-refractivity contribution in [3.63, 3.8) is 0 Å². The van der Waals surface area contributed by atoms with Gasteiger partial charge < -0.3 is 5.32 Å². The molecule has 11 heteroatoms. The van der Waals surface area contributed by atoms with Crippen molar-refractivity contribution in [1.29, 1.82) is 0 Å². The Morgan fingerprint density at radius 2 is 1.78 bits per heavy atom. The third kappa shape index (κ3) is 6.00. The predicted molar refractivity (Wildman–Crippen MR) is 126 cm³/mol. The average Bonchev–Trinajstić information content (AvgIpc) is 2.75. The van der Waals surface area contributed by atoms with Crippen LogP contribution >= 0.6 is 23.4 Å². The number of nitro benzene ring substituents is 1. The number of nitro groups is 1. The number of thioether (sulfide) groups is 1. The summed E-state index contributed by atoms with van der Waals surface area (Å²) in [4.78, 5) is 23.2. The maximum Gasteiger partial charge on any atom is 0.269 e. The van der Waals surface area contributed by atoms with E-state index in [9.17, 15) is 23.3 Å². The molecule has 0 aliphatic heterocycles. The third-order valence-electron chi connectivity index (χ3n) is 4.30. The van der Waals surface area contributed by atoms with Gasteiger partial charge in [-0.05, 0) is 48.9 Å². The summed E-state index contributed by atoms with van der Waals surface area (Å²) in [6, 6.07) is 16.9. The van der Waals surface area contributed by atoms with Crippen LogP contribution in [0.1, 0.15) is 5.56 Å². The lowest BCUT2D eigenvalue weighted by molar-refractivity contribution is -0.384. The summed E-state index contributed by atoms with van der Waals surface area (Å²) >= 11 is 7.25. The van der Waals surface area contributed by atoms with Crippen molar-refractivity contribution in [2.24, 2.45) is 0 Å². The first-order valence-corrected chi connectivity index (χ1v) is 12.1. The lowest BCUT2D eigenvalue weighted by atomic mass is 10.2. The summed E-state index contributed by atoms with van der Waals surface area (Å²) in [6.07, 6.45) is 0. The van der Waals surface area contributed by atoms with Crippen LogP contribution in [0.15, 0.2) is 76.5 Å². The summed E-state index contributed by atoms with van der Waals surface area (Å²) in [6.45, 7) is 1.65. The van der Waals surface area contributed by atoms with Crippen LogP contribution in [0.4, 0.5) is 17.1 Å². The van der Waals surface area contributed by atoms with Crippen LogP contribution in [0, 0.1) is 17.0 Å². The number of carbonyl (C=O) groups excluding carboxylic acids is 1. The molecule has 0 saturated carbocycles. The molecule has 1 amide bonds. The second-order valence-electron chi connectivity index (χ2n) is 6.65. The van der Waals surface area contributed by atoms with E-state index in [1.807, 2.05) is 0 Å². The number of halogens is 1. The molecule has 0 atom stereocenters. The van der Waals surface area contributed by atoms with Gasteiger partial charge in [0, 0.05) is 22.7 Å². The van der Waals surface area contributed by atoms with Gasteiger partial charge in [-0.15, -0.1) is 11.8 Å². The maximum absolute atomic E-state index is 12.9. The topological polar surface area (TPSA) is 118 Å². The van der Waals surface area contributed by atoms with Crippen LogP contribution in [0.25, 0.3) is 0 Å². The lowest BCUT2D eigenvalue weighted by Gasteiger charge is -2.13. The van der Waals surface area contributed by atoms with E-state index in [-0.39, 0.29) is 33.0 Å². The summed E-state index contributed by atoms with van der Waals surface area (Å²) in [5, 5.41) is 13.6. The number of anilines is 2. The first kappa shape index (κ1) is 23.6. The molecule has 3 aromatic rings. The number of rotatable bonds is 8. The van der Waals surface area contributed by atoms with Gasteiger partial charge in [0.25, 0.3) is 15.7 Å². The molecule has 3 aromatic carbocycles. The molecule has 3 rings (SSSR count). The van der Waals surface area contributed by atoms with Crippen LogP contribution < -0.4 is 10.0 Å². The second-order valence-corrected chi connectivity index (χ2v) is 9.76. The van der Waals surface area contributed by atoms with Gasteiger partial charge >= 0.3 is 0 Å². The molecular weight excluding hydrogens is 474 g/mol. The van der Waals surface area contributed by atoms with Crippen LogP contribution in [0.2, 0.25) is 5.02 Å². The number of amides is 1. The zero-order chi connectivity index (χ0) is 23.3. The van der Waals surface area contributed by atoms with Crippen molar-refractivity contribution in [3.05, 3.63) is 87.4 Å². The highest BCUT2D eigenvalue weighted by Gasteiger charge is 2.19. The Morgan fingerprint density at radius 1 is 1.09 bits per heavy atom. The first-order valence-electron chi connectivity index (χ1n) is 9.21. The Labute approximate surface area is 194 Å². The van der Waals surface area contributed by atoms with Crippen molar-refractivity contribution >= 4 is 56.4 Å². The molecule has 166 valence electrons. The largest absolute Gasteiger partial charge is 0.325 e. The van der Waals surface area contributed by atoms with E-state index in [2.05, 4.69) is 10.0 Å². The lowest BCUT2D eigenvalue weighted by Crippen LogP contribution is -2.17. The standard InChI is InChI=1S/C21H18ClN3O5S2/c1-14-6-7-15(12-20(14)32(29,30)24-19-5-3-2-4-18(19)22)23-21(26)13-31-17-10-8-16(9-11-17)25(27)28/h2-12,24H,13H2,1H3,(H,23,26). The number of hydrogen-bond acceptors (Lipinski definition) is 6. The van der Waals surface area contributed by atoms with Gasteiger partial charge in [0.05, 0.1) is 26.3 Å². The Balaban J connectivity index is 1.69.